The predicted molar refractivity (Wildman–Crippen MR) is 132 cm³/mol. The lowest BCUT2D eigenvalue weighted by atomic mass is 9.38. The third kappa shape index (κ3) is 2.96. The van der Waals surface area contributed by atoms with Crippen molar-refractivity contribution in [3.05, 3.63) is 48.0 Å². The highest BCUT2D eigenvalue weighted by Crippen LogP contribution is 2.72. The molecule has 0 aromatic carbocycles. The second kappa shape index (κ2) is 7.45. The molecule has 4 heteroatoms. The third-order valence-electron chi connectivity index (χ3n) is 10.6. The first-order valence-electron chi connectivity index (χ1n) is 13.0. The van der Waals surface area contributed by atoms with E-state index in [1.165, 1.54) is 11.1 Å². The van der Waals surface area contributed by atoms with Gasteiger partial charge >= 0.3 is 5.97 Å². The van der Waals surface area contributed by atoms with Gasteiger partial charge in [0.25, 0.3) is 0 Å². The number of hydrogen-bond acceptors (Lipinski definition) is 4. The van der Waals surface area contributed by atoms with E-state index in [9.17, 15) is 9.59 Å². The van der Waals surface area contributed by atoms with E-state index >= 15 is 0 Å². The molecule has 2 saturated carbocycles. The lowest BCUT2D eigenvalue weighted by molar-refractivity contribution is -0.191. The van der Waals surface area contributed by atoms with E-state index in [2.05, 4.69) is 52.8 Å². The average Bonchev–Trinajstić information content (AvgIpc) is 3.40. The number of esters is 1. The summed E-state index contributed by atoms with van der Waals surface area (Å²) in [6.07, 6.45) is 13.8. The molecule has 1 aromatic rings. The van der Waals surface area contributed by atoms with Crippen molar-refractivity contribution in [2.45, 2.75) is 86.2 Å². The van der Waals surface area contributed by atoms with Gasteiger partial charge in [0.05, 0.1) is 18.4 Å². The minimum Gasteiger partial charge on any atom is -0.472 e. The van der Waals surface area contributed by atoms with E-state index in [4.69, 9.17) is 9.15 Å². The van der Waals surface area contributed by atoms with E-state index < -0.39 is 5.41 Å². The Kier molecular flexibility index (Phi) is 5.18. The molecular formula is C30H40O4. The van der Waals surface area contributed by atoms with Crippen LogP contribution in [0.1, 0.15) is 85.6 Å². The molecule has 0 aliphatic heterocycles. The summed E-state index contributed by atoms with van der Waals surface area (Å²) in [5, 5.41) is 0. The molecule has 0 spiro atoms. The maximum absolute atomic E-state index is 13.0. The largest absolute Gasteiger partial charge is 0.472 e. The summed E-state index contributed by atoms with van der Waals surface area (Å²) < 4.78 is 11.9. The zero-order valence-corrected chi connectivity index (χ0v) is 21.8. The number of carbonyl (C=O) groups is 2. The summed E-state index contributed by atoms with van der Waals surface area (Å²) in [6.45, 7) is 15.1. The molecule has 2 unspecified atom stereocenters. The van der Waals surface area contributed by atoms with Gasteiger partial charge in [0, 0.05) is 10.8 Å². The minimum absolute atomic E-state index is 0.00449. The Morgan fingerprint density at radius 3 is 2.53 bits per heavy atom. The first kappa shape index (κ1) is 23.6. The van der Waals surface area contributed by atoms with Crippen molar-refractivity contribution in [2.24, 2.45) is 39.4 Å². The Hall–Kier alpha value is -2.10. The molecule has 4 nitrogen and oxygen atoms in total. The average molecular weight is 465 g/mol. The molecule has 1 heterocycles. The van der Waals surface area contributed by atoms with Gasteiger partial charge in [-0.1, -0.05) is 66.2 Å². The molecule has 184 valence electrons. The molecule has 7 atom stereocenters. The topological polar surface area (TPSA) is 56.5 Å². The van der Waals surface area contributed by atoms with E-state index in [0.29, 0.717) is 11.8 Å². The highest BCUT2D eigenvalue weighted by Gasteiger charge is 2.68. The second-order valence-electron chi connectivity index (χ2n) is 12.9. The molecule has 4 aliphatic carbocycles. The summed E-state index contributed by atoms with van der Waals surface area (Å²) in [6, 6.07) is 2.10. The summed E-state index contributed by atoms with van der Waals surface area (Å²) in [5.41, 5.74) is 1.84. The molecule has 1 aromatic heterocycles. The number of rotatable bonds is 3. The zero-order valence-electron chi connectivity index (χ0n) is 21.8. The molecule has 0 bridgehead atoms. The molecule has 0 amide bonds. The molecule has 4 aliphatic rings. The van der Waals surface area contributed by atoms with Crippen LogP contribution in [-0.2, 0) is 14.3 Å². The fourth-order valence-electron chi connectivity index (χ4n) is 8.67. The van der Waals surface area contributed by atoms with E-state index in [1.807, 2.05) is 26.2 Å². The van der Waals surface area contributed by atoms with Crippen LogP contribution in [0.15, 0.2) is 46.8 Å². The van der Waals surface area contributed by atoms with Crippen molar-refractivity contribution in [3.8, 4) is 0 Å². The molecule has 5 rings (SSSR count). The summed E-state index contributed by atoms with van der Waals surface area (Å²) in [5.74, 6) is 0.689. The van der Waals surface area contributed by atoms with Crippen LogP contribution in [0, 0.1) is 39.4 Å². The van der Waals surface area contributed by atoms with E-state index in [1.54, 1.807) is 6.26 Å². The quantitative estimate of drug-likeness (QED) is 0.362. The van der Waals surface area contributed by atoms with Crippen molar-refractivity contribution in [3.63, 3.8) is 0 Å². The Morgan fingerprint density at radius 2 is 1.88 bits per heavy atom. The van der Waals surface area contributed by atoms with Gasteiger partial charge in [-0.25, -0.2) is 0 Å². The van der Waals surface area contributed by atoms with Crippen LogP contribution in [0.2, 0.25) is 0 Å². The van der Waals surface area contributed by atoms with Gasteiger partial charge in [-0.05, 0) is 72.0 Å². The standard InChI is InChI=1S/C30H40O4/c1-18(2)26(32)34-25-16-23-27(3,4)24(31)11-14-29(23,6)22-10-13-28(5)20(19-12-15-33-17-19)8-9-21(28)30(22,25)7/h9,11-12,14-15,17-18,20,22-23,25H,8,10,13,16H2,1-7H3/t20-,22?,23?,25+,28-,29+,30-/m0/s1. The molecule has 0 N–H and O–H groups in total. The van der Waals surface area contributed by atoms with Gasteiger partial charge in [0.1, 0.15) is 6.10 Å². The fourth-order valence-corrected chi connectivity index (χ4v) is 8.67. The number of carbonyl (C=O) groups excluding carboxylic acids is 2. The van der Waals surface area contributed by atoms with Crippen molar-refractivity contribution >= 4 is 11.8 Å². The number of ether oxygens (including phenoxy) is 1. The predicted octanol–water partition coefficient (Wildman–Crippen LogP) is 6.88. The van der Waals surface area contributed by atoms with Gasteiger partial charge < -0.3 is 9.15 Å². The van der Waals surface area contributed by atoms with Gasteiger partial charge in [-0.2, -0.15) is 0 Å². The second-order valence-corrected chi connectivity index (χ2v) is 12.9. The van der Waals surface area contributed by atoms with Crippen molar-refractivity contribution in [1.29, 1.82) is 0 Å². The van der Waals surface area contributed by atoms with Gasteiger partial charge in [-0.15, -0.1) is 0 Å². The van der Waals surface area contributed by atoms with Gasteiger partial charge in [0.2, 0.25) is 0 Å². The van der Waals surface area contributed by atoms with Crippen LogP contribution in [0.5, 0.6) is 0 Å². The molecule has 0 saturated heterocycles. The van der Waals surface area contributed by atoms with Gasteiger partial charge in [-0.3, -0.25) is 9.59 Å². The number of ketones is 1. The normalized spacial score (nSPS) is 42.6. The highest BCUT2D eigenvalue weighted by molar-refractivity contribution is 5.95. The lowest BCUT2D eigenvalue weighted by Gasteiger charge is -2.66. The molecule has 34 heavy (non-hydrogen) atoms. The maximum Gasteiger partial charge on any atom is 0.308 e. The highest BCUT2D eigenvalue weighted by atomic mass is 16.5. The number of furan rings is 1. The smallest absolute Gasteiger partial charge is 0.308 e. The van der Waals surface area contributed by atoms with Crippen LogP contribution < -0.4 is 0 Å². The van der Waals surface area contributed by atoms with Crippen LogP contribution in [0.3, 0.4) is 0 Å². The van der Waals surface area contributed by atoms with Crippen molar-refractivity contribution in [2.75, 3.05) is 0 Å². The summed E-state index contributed by atoms with van der Waals surface area (Å²) in [4.78, 5) is 26.0. The lowest BCUT2D eigenvalue weighted by Crippen LogP contribution is -2.64. The first-order valence-corrected chi connectivity index (χ1v) is 13.0. The minimum atomic E-state index is -0.475. The summed E-state index contributed by atoms with van der Waals surface area (Å²) >= 11 is 0. The Labute approximate surface area is 204 Å². The van der Waals surface area contributed by atoms with Crippen LogP contribution in [0.25, 0.3) is 0 Å². The van der Waals surface area contributed by atoms with Crippen LogP contribution in [0.4, 0.5) is 0 Å². The van der Waals surface area contributed by atoms with Crippen LogP contribution in [-0.4, -0.2) is 17.9 Å². The SMILES string of the molecule is CC(C)C(=O)O[C@@H]1CC2C(C)(C)C(=O)C=C[C@]2(C)C2CC[C@]3(C)C(=CC[C@H]3c3ccoc3)[C@@]21C. The molecule has 2 fully saturated rings. The maximum atomic E-state index is 13.0. The number of fused-ring (bicyclic) bond motifs is 5. The third-order valence-corrected chi connectivity index (χ3v) is 10.6. The van der Waals surface area contributed by atoms with Crippen molar-refractivity contribution < 1.29 is 18.7 Å². The molecular weight excluding hydrogens is 424 g/mol. The summed E-state index contributed by atoms with van der Waals surface area (Å²) in [7, 11) is 0. The van der Waals surface area contributed by atoms with E-state index in [0.717, 1.165) is 25.7 Å². The number of hydrogen-bond donors (Lipinski definition) is 0. The monoisotopic (exact) mass is 464 g/mol. The van der Waals surface area contributed by atoms with Crippen LogP contribution >= 0.6 is 0 Å². The Balaban J connectivity index is 1.64. The van der Waals surface area contributed by atoms with E-state index in [-0.39, 0.29) is 45.9 Å². The first-order chi connectivity index (χ1) is 15.9. The van der Waals surface area contributed by atoms with Crippen molar-refractivity contribution in [1.82, 2.24) is 0 Å². The zero-order chi connectivity index (χ0) is 24.7. The Morgan fingerprint density at radius 1 is 1.15 bits per heavy atom. The molecule has 0 radical (unpaired) electrons. The Bertz CT molecular complexity index is 1060. The fraction of sp³-hybridized carbons (Fsp3) is 0.667. The number of allylic oxidation sites excluding steroid dienone is 3. The van der Waals surface area contributed by atoms with Gasteiger partial charge in [0.15, 0.2) is 5.78 Å².